The highest BCUT2D eigenvalue weighted by molar-refractivity contribution is 7.89. The molecule has 1 aromatic heterocycles. The zero-order chi connectivity index (χ0) is 19.5. The summed E-state index contributed by atoms with van der Waals surface area (Å²) in [6.07, 6.45) is -4.60. The molecule has 0 radical (unpaired) electrons. The van der Waals surface area contributed by atoms with Crippen molar-refractivity contribution in [2.24, 2.45) is 0 Å². The number of rotatable bonds is 6. The first-order chi connectivity index (χ1) is 12.0. The molecular weight excluding hydrogens is 395 g/mol. The highest BCUT2D eigenvalue weighted by Gasteiger charge is 2.28. The molecular formula is C15H15ClF3N3O3S. The quantitative estimate of drug-likeness (QED) is 0.795. The van der Waals surface area contributed by atoms with Crippen LogP contribution in [0.25, 0.3) is 0 Å². The summed E-state index contributed by atoms with van der Waals surface area (Å²) in [5.74, 6) is -1.54. The molecule has 26 heavy (non-hydrogen) atoms. The molecule has 0 atom stereocenters. The minimum Gasteiger partial charge on any atom is -0.321 e. The second kappa shape index (κ2) is 7.67. The van der Waals surface area contributed by atoms with E-state index in [0.29, 0.717) is 5.56 Å². The first-order valence-electron chi connectivity index (χ1n) is 7.34. The average molecular weight is 410 g/mol. The van der Waals surface area contributed by atoms with Crippen molar-refractivity contribution >= 4 is 27.5 Å². The van der Waals surface area contributed by atoms with Crippen LogP contribution in [0.3, 0.4) is 0 Å². The van der Waals surface area contributed by atoms with Crippen molar-refractivity contribution in [2.45, 2.75) is 31.8 Å². The number of halogens is 4. The Morgan fingerprint density at radius 1 is 1.27 bits per heavy atom. The number of nitrogens with one attached hydrogen (secondary N) is 1. The maximum atomic E-state index is 12.3. The van der Waals surface area contributed by atoms with Crippen LogP contribution in [0.15, 0.2) is 30.6 Å². The van der Waals surface area contributed by atoms with Gasteiger partial charge in [-0.05, 0) is 12.5 Å². The molecule has 0 aliphatic heterocycles. The van der Waals surface area contributed by atoms with Gasteiger partial charge in [0.1, 0.15) is 5.15 Å². The number of imidazole rings is 1. The Balaban J connectivity index is 2.07. The molecule has 0 spiro atoms. The lowest BCUT2D eigenvalue weighted by Crippen LogP contribution is -2.32. The molecule has 0 aliphatic carbocycles. The summed E-state index contributed by atoms with van der Waals surface area (Å²) in [7, 11) is -4.03. The lowest BCUT2D eigenvalue weighted by Gasteiger charge is -2.08. The lowest BCUT2D eigenvalue weighted by atomic mass is 10.2. The summed E-state index contributed by atoms with van der Waals surface area (Å²) in [5.41, 5.74) is 0.963. The Hall–Kier alpha value is -2.07. The Kier molecular flexibility index (Phi) is 5.97. The number of hydrogen-bond donors (Lipinski definition) is 1. The minimum absolute atomic E-state index is 0.364. The Bertz CT molecular complexity index is 893. The molecule has 11 heteroatoms. The lowest BCUT2D eigenvalue weighted by molar-refractivity contribution is -0.136. The first kappa shape index (κ1) is 20.2. The van der Waals surface area contributed by atoms with E-state index in [-0.39, 0.29) is 5.15 Å². The molecule has 0 bridgehead atoms. The van der Waals surface area contributed by atoms with Crippen molar-refractivity contribution in [3.05, 3.63) is 52.6 Å². The number of nitrogens with zero attached hydrogens (tertiary/aromatic N) is 2. The van der Waals surface area contributed by atoms with E-state index in [1.807, 2.05) is 11.6 Å². The van der Waals surface area contributed by atoms with Crippen LogP contribution in [-0.2, 0) is 22.3 Å². The first-order valence-corrected chi connectivity index (χ1v) is 9.37. The predicted octanol–water partition coefficient (Wildman–Crippen LogP) is 3.06. The molecule has 0 saturated heterocycles. The van der Waals surface area contributed by atoms with Crippen molar-refractivity contribution < 1.29 is 26.4 Å². The van der Waals surface area contributed by atoms with E-state index in [2.05, 4.69) is 4.98 Å². The standard InChI is InChI=1S/C15H15ClF3N3O3S/c1-10-2-4-11(5-3-10)8-26(24,25)21-14(23)12-13(16)22(9-20-12)7-6-15(17,18)19/h2-5,9H,6-8H2,1H3,(H,21,23). The van der Waals surface area contributed by atoms with Gasteiger partial charge in [0, 0.05) is 6.54 Å². The van der Waals surface area contributed by atoms with Crippen LogP contribution in [-0.4, -0.2) is 30.1 Å². The molecule has 0 fully saturated rings. The van der Waals surface area contributed by atoms with Crippen molar-refractivity contribution in [3.8, 4) is 0 Å². The second-order valence-electron chi connectivity index (χ2n) is 5.62. The number of benzene rings is 1. The Morgan fingerprint density at radius 3 is 2.46 bits per heavy atom. The number of carbonyl (C=O) groups excluding carboxylic acids is 1. The molecule has 1 N–H and O–H groups in total. The number of aromatic nitrogens is 2. The van der Waals surface area contributed by atoms with Crippen molar-refractivity contribution in [1.82, 2.24) is 14.3 Å². The van der Waals surface area contributed by atoms with Gasteiger partial charge in [0.05, 0.1) is 18.5 Å². The zero-order valence-corrected chi connectivity index (χ0v) is 15.1. The van der Waals surface area contributed by atoms with Gasteiger partial charge in [-0.25, -0.2) is 18.1 Å². The van der Waals surface area contributed by atoms with E-state index in [1.165, 1.54) is 0 Å². The smallest absolute Gasteiger partial charge is 0.321 e. The number of amides is 1. The molecule has 6 nitrogen and oxygen atoms in total. The number of alkyl halides is 3. The van der Waals surface area contributed by atoms with Gasteiger partial charge in [0.2, 0.25) is 10.0 Å². The van der Waals surface area contributed by atoms with Gasteiger partial charge in [0.25, 0.3) is 5.91 Å². The zero-order valence-electron chi connectivity index (χ0n) is 13.5. The van der Waals surface area contributed by atoms with E-state index >= 15 is 0 Å². The number of sulfonamides is 1. The van der Waals surface area contributed by atoms with Gasteiger partial charge < -0.3 is 4.57 Å². The van der Waals surface area contributed by atoms with Crippen LogP contribution in [0.2, 0.25) is 5.15 Å². The Morgan fingerprint density at radius 2 is 1.88 bits per heavy atom. The van der Waals surface area contributed by atoms with Crippen LogP contribution in [0.5, 0.6) is 0 Å². The van der Waals surface area contributed by atoms with Crippen LogP contribution in [0, 0.1) is 6.92 Å². The van der Waals surface area contributed by atoms with Gasteiger partial charge in [-0.15, -0.1) is 0 Å². The topological polar surface area (TPSA) is 81.1 Å². The van der Waals surface area contributed by atoms with Gasteiger partial charge in [-0.3, -0.25) is 4.79 Å². The minimum atomic E-state index is -4.40. The number of hydrogen-bond acceptors (Lipinski definition) is 4. The van der Waals surface area contributed by atoms with Crippen molar-refractivity contribution in [3.63, 3.8) is 0 Å². The second-order valence-corrected chi connectivity index (χ2v) is 7.70. The van der Waals surface area contributed by atoms with Gasteiger partial charge in [0.15, 0.2) is 5.69 Å². The largest absolute Gasteiger partial charge is 0.390 e. The SMILES string of the molecule is Cc1ccc(CS(=O)(=O)NC(=O)c2ncn(CCC(F)(F)F)c2Cl)cc1. The summed E-state index contributed by atoms with van der Waals surface area (Å²) in [6, 6.07) is 6.67. The summed E-state index contributed by atoms with van der Waals surface area (Å²) < 4.78 is 63.7. The molecule has 142 valence electrons. The van der Waals surface area contributed by atoms with E-state index in [4.69, 9.17) is 11.6 Å². The fraction of sp³-hybridized carbons (Fsp3) is 0.333. The van der Waals surface area contributed by atoms with Gasteiger partial charge >= 0.3 is 6.18 Å². The fourth-order valence-corrected chi connectivity index (χ4v) is 3.40. The molecule has 1 amide bonds. The van der Waals surface area contributed by atoms with Crippen LogP contribution < -0.4 is 4.72 Å². The van der Waals surface area contributed by atoms with E-state index < -0.39 is 46.5 Å². The summed E-state index contributed by atoms with van der Waals surface area (Å²) in [6.45, 7) is 1.32. The van der Waals surface area contributed by atoms with Crippen molar-refractivity contribution in [1.29, 1.82) is 0 Å². The third kappa shape index (κ3) is 5.73. The van der Waals surface area contributed by atoms with Gasteiger partial charge in [-0.2, -0.15) is 13.2 Å². The highest BCUT2D eigenvalue weighted by atomic mass is 35.5. The summed E-state index contributed by atoms with van der Waals surface area (Å²) in [5, 5.41) is -0.364. The normalized spacial score (nSPS) is 12.2. The maximum Gasteiger partial charge on any atom is 0.390 e. The highest BCUT2D eigenvalue weighted by Crippen LogP contribution is 2.23. The van der Waals surface area contributed by atoms with E-state index in [9.17, 15) is 26.4 Å². The molecule has 0 aliphatic rings. The molecule has 2 rings (SSSR count). The molecule has 0 unspecified atom stereocenters. The number of aryl methyl sites for hydroxylation is 2. The molecule has 1 heterocycles. The molecule has 0 saturated carbocycles. The third-order valence-electron chi connectivity index (χ3n) is 3.35. The summed E-state index contributed by atoms with van der Waals surface area (Å²) >= 11 is 5.83. The van der Waals surface area contributed by atoms with Crippen LogP contribution >= 0.6 is 11.6 Å². The maximum absolute atomic E-state index is 12.3. The summed E-state index contributed by atoms with van der Waals surface area (Å²) in [4.78, 5) is 15.7. The third-order valence-corrected chi connectivity index (χ3v) is 4.96. The molecule has 1 aromatic carbocycles. The van der Waals surface area contributed by atoms with Crippen LogP contribution in [0.4, 0.5) is 13.2 Å². The monoisotopic (exact) mass is 409 g/mol. The predicted molar refractivity (Wildman–Crippen MR) is 89.2 cm³/mol. The average Bonchev–Trinajstić information content (AvgIpc) is 2.87. The Labute approximate surface area is 153 Å². The van der Waals surface area contributed by atoms with E-state index in [1.54, 1.807) is 24.3 Å². The fourth-order valence-electron chi connectivity index (χ4n) is 2.05. The number of carbonyl (C=O) groups is 1. The van der Waals surface area contributed by atoms with E-state index in [0.717, 1.165) is 16.5 Å². The molecule has 2 aromatic rings. The van der Waals surface area contributed by atoms with Crippen molar-refractivity contribution in [2.75, 3.05) is 0 Å². The van der Waals surface area contributed by atoms with Gasteiger partial charge in [-0.1, -0.05) is 41.4 Å². The van der Waals surface area contributed by atoms with Crippen LogP contribution in [0.1, 0.15) is 28.0 Å².